The van der Waals surface area contributed by atoms with E-state index in [0.29, 0.717) is 18.4 Å². The van der Waals surface area contributed by atoms with Crippen LogP contribution in [-0.4, -0.2) is 36.5 Å². The molecule has 2 aliphatic rings. The maximum Gasteiger partial charge on any atom is 0.227 e. The van der Waals surface area contributed by atoms with Gasteiger partial charge in [0.1, 0.15) is 0 Å². The molecule has 0 aromatic carbocycles. The largest absolute Gasteiger partial charge is 0.342 e. The minimum atomic E-state index is 0.302. The lowest BCUT2D eigenvalue weighted by molar-refractivity contribution is -0.131. The SMILES string of the molecule is O=C(Cc1ccsc1)N1CCC(C2CCCN2)CC1. The van der Waals surface area contributed by atoms with Crippen LogP contribution in [0.2, 0.25) is 0 Å². The van der Waals surface area contributed by atoms with Gasteiger partial charge >= 0.3 is 0 Å². The van der Waals surface area contributed by atoms with E-state index in [-0.39, 0.29) is 0 Å². The Labute approximate surface area is 119 Å². The summed E-state index contributed by atoms with van der Waals surface area (Å²) in [4.78, 5) is 14.3. The highest BCUT2D eigenvalue weighted by Gasteiger charge is 2.29. The van der Waals surface area contributed by atoms with Gasteiger partial charge in [-0.2, -0.15) is 11.3 Å². The van der Waals surface area contributed by atoms with Crippen molar-refractivity contribution in [1.82, 2.24) is 10.2 Å². The summed E-state index contributed by atoms with van der Waals surface area (Å²) in [5.74, 6) is 1.09. The van der Waals surface area contributed by atoms with Crippen molar-refractivity contribution in [3.8, 4) is 0 Å². The zero-order valence-electron chi connectivity index (χ0n) is 11.3. The molecule has 2 saturated heterocycles. The number of hydrogen-bond donors (Lipinski definition) is 1. The molecule has 3 rings (SSSR count). The third-order valence-corrected chi connectivity index (χ3v) is 5.23. The minimum absolute atomic E-state index is 0.302. The summed E-state index contributed by atoms with van der Waals surface area (Å²) < 4.78 is 0. The smallest absolute Gasteiger partial charge is 0.227 e. The van der Waals surface area contributed by atoms with Gasteiger partial charge in [0.15, 0.2) is 0 Å². The topological polar surface area (TPSA) is 32.3 Å². The molecule has 0 saturated carbocycles. The molecule has 3 nitrogen and oxygen atoms in total. The number of thiophene rings is 1. The molecule has 2 fully saturated rings. The number of nitrogens with one attached hydrogen (secondary N) is 1. The predicted octanol–water partition coefficient (Wildman–Crippen LogP) is 2.28. The van der Waals surface area contributed by atoms with Gasteiger partial charge in [-0.05, 0) is 60.5 Å². The molecule has 1 unspecified atom stereocenters. The van der Waals surface area contributed by atoms with E-state index in [1.807, 2.05) is 5.38 Å². The van der Waals surface area contributed by atoms with E-state index >= 15 is 0 Å². The van der Waals surface area contributed by atoms with Crippen molar-refractivity contribution in [2.45, 2.75) is 38.1 Å². The number of piperidine rings is 1. The van der Waals surface area contributed by atoms with Crippen LogP contribution in [0.25, 0.3) is 0 Å². The second kappa shape index (κ2) is 6.06. The third kappa shape index (κ3) is 3.18. The molecule has 0 aliphatic carbocycles. The zero-order valence-corrected chi connectivity index (χ0v) is 12.1. The first kappa shape index (κ1) is 13.1. The Hall–Kier alpha value is -0.870. The fourth-order valence-electron chi connectivity index (χ4n) is 3.34. The van der Waals surface area contributed by atoms with Gasteiger partial charge in [0.2, 0.25) is 5.91 Å². The van der Waals surface area contributed by atoms with Crippen LogP contribution in [0.3, 0.4) is 0 Å². The second-order valence-electron chi connectivity index (χ2n) is 5.73. The van der Waals surface area contributed by atoms with Crippen LogP contribution in [0.5, 0.6) is 0 Å². The number of hydrogen-bond acceptors (Lipinski definition) is 3. The highest BCUT2D eigenvalue weighted by Crippen LogP contribution is 2.26. The van der Waals surface area contributed by atoms with Crippen molar-refractivity contribution in [1.29, 1.82) is 0 Å². The van der Waals surface area contributed by atoms with Crippen LogP contribution in [0.15, 0.2) is 16.8 Å². The number of rotatable bonds is 3. The van der Waals surface area contributed by atoms with Crippen molar-refractivity contribution in [2.75, 3.05) is 19.6 Å². The maximum atomic E-state index is 12.2. The van der Waals surface area contributed by atoms with Crippen LogP contribution >= 0.6 is 11.3 Å². The van der Waals surface area contributed by atoms with E-state index in [9.17, 15) is 4.79 Å². The van der Waals surface area contributed by atoms with E-state index in [1.165, 1.54) is 32.2 Å². The predicted molar refractivity (Wildman–Crippen MR) is 78.4 cm³/mol. The van der Waals surface area contributed by atoms with E-state index < -0.39 is 0 Å². The van der Waals surface area contributed by atoms with E-state index in [1.54, 1.807) is 11.3 Å². The Bertz CT molecular complexity index is 404. The summed E-state index contributed by atoms with van der Waals surface area (Å²) >= 11 is 1.67. The Morgan fingerprint density at radius 2 is 2.21 bits per heavy atom. The van der Waals surface area contributed by atoms with Gasteiger partial charge in [0.05, 0.1) is 6.42 Å². The lowest BCUT2D eigenvalue weighted by Crippen LogP contribution is -2.43. The normalized spacial score (nSPS) is 24.8. The lowest BCUT2D eigenvalue weighted by Gasteiger charge is -2.35. The Morgan fingerprint density at radius 1 is 1.37 bits per heavy atom. The van der Waals surface area contributed by atoms with Crippen LogP contribution in [-0.2, 0) is 11.2 Å². The number of carbonyl (C=O) groups is 1. The summed E-state index contributed by atoms with van der Waals surface area (Å²) in [6, 6.07) is 2.77. The van der Waals surface area contributed by atoms with Crippen molar-refractivity contribution in [3.63, 3.8) is 0 Å². The highest BCUT2D eigenvalue weighted by molar-refractivity contribution is 7.07. The van der Waals surface area contributed by atoms with Gasteiger partial charge < -0.3 is 10.2 Å². The first-order chi connectivity index (χ1) is 9.33. The summed E-state index contributed by atoms with van der Waals surface area (Å²) in [6.45, 7) is 3.08. The molecule has 0 bridgehead atoms. The highest BCUT2D eigenvalue weighted by atomic mass is 32.1. The average Bonchev–Trinajstić information content (AvgIpc) is 3.12. The fraction of sp³-hybridized carbons (Fsp3) is 0.667. The molecule has 0 spiro atoms. The molecule has 0 radical (unpaired) electrons. The molecule has 2 aliphatic heterocycles. The molecular formula is C15H22N2OS. The van der Waals surface area contributed by atoms with Crippen LogP contribution < -0.4 is 5.32 Å². The summed E-state index contributed by atoms with van der Waals surface area (Å²) in [7, 11) is 0. The Morgan fingerprint density at radius 3 is 2.84 bits per heavy atom. The van der Waals surface area contributed by atoms with E-state index in [0.717, 1.165) is 24.6 Å². The molecule has 1 amide bonds. The van der Waals surface area contributed by atoms with Crippen molar-refractivity contribution in [3.05, 3.63) is 22.4 Å². The number of carbonyl (C=O) groups excluding carboxylic acids is 1. The summed E-state index contributed by atoms with van der Waals surface area (Å²) in [5.41, 5.74) is 1.16. The Kier molecular flexibility index (Phi) is 4.18. The number of amides is 1. The van der Waals surface area contributed by atoms with Gasteiger partial charge in [0, 0.05) is 19.1 Å². The van der Waals surface area contributed by atoms with Gasteiger partial charge in [-0.3, -0.25) is 4.79 Å². The molecular weight excluding hydrogens is 256 g/mol. The molecule has 3 heterocycles. The second-order valence-corrected chi connectivity index (χ2v) is 6.51. The van der Waals surface area contributed by atoms with Crippen molar-refractivity contribution >= 4 is 17.2 Å². The molecule has 104 valence electrons. The number of nitrogens with zero attached hydrogens (tertiary/aromatic N) is 1. The quantitative estimate of drug-likeness (QED) is 0.920. The van der Waals surface area contributed by atoms with Crippen molar-refractivity contribution in [2.24, 2.45) is 5.92 Å². The van der Waals surface area contributed by atoms with Crippen LogP contribution in [0, 0.1) is 5.92 Å². The molecule has 4 heteroatoms. The average molecular weight is 278 g/mol. The standard InChI is InChI=1S/C15H22N2OS/c18-15(10-12-5-9-19-11-12)17-7-3-13(4-8-17)14-2-1-6-16-14/h5,9,11,13-14,16H,1-4,6-8,10H2. The fourth-order valence-corrected chi connectivity index (χ4v) is 4.01. The lowest BCUT2D eigenvalue weighted by atomic mass is 9.88. The first-order valence-corrected chi connectivity index (χ1v) is 8.29. The molecule has 1 N–H and O–H groups in total. The van der Waals surface area contributed by atoms with Crippen LogP contribution in [0.4, 0.5) is 0 Å². The van der Waals surface area contributed by atoms with E-state index in [4.69, 9.17) is 0 Å². The van der Waals surface area contributed by atoms with Gasteiger partial charge in [-0.15, -0.1) is 0 Å². The summed E-state index contributed by atoms with van der Waals surface area (Å²) in [6.07, 6.45) is 5.57. The Balaban J connectivity index is 1.48. The maximum absolute atomic E-state index is 12.2. The zero-order chi connectivity index (χ0) is 13.1. The van der Waals surface area contributed by atoms with Gasteiger partial charge in [0.25, 0.3) is 0 Å². The minimum Gasteiger partial charge on any atom is -0.342 e. The van der Waals surface area contributed by atoms with Gasteiger partial charge in [-0.1, -0.05) is 0 Å². The third-order valence-electron chi connectivity index (χ3n) is 4.50. The number of likely N-dealkylation sites (tertiary alicyclic amines) is 1. The first-order valence-electron chi connectivity index (χ1n) is 7.35. The molecule has 1 atom stereocenters. The van der Waals surface area contributed by atoms with Crippen molar-refractivity contribution < 1.29 is 4.79 Å². The van der Waals surface area contributed by atoms with Crippen LogP contribution in [0.1, 0.15) is 31.2 Å². The molecule has 1 aromatic rings. The molecule has 19 heavy (non-hydrogen) atoms. The summed E-state index contributed by atoms with van der Waals surface area (Å²) in [5, 5.41) is 7.72. The van der Waals surface area contributed by atoms with Gasteiger partial charge in [-0.25, -0.2) is 0 Å². The van der Waals surface area contributed by atoms with E-state index in [2.05, 4.69) is 21.7 Å². The monoisotopic (exact) mass is 278 g/mol. The molecule has 1 aromatic heterocycles.